The number of rotatable bonds is 12. The zero-order valence-electron chi connectivity index (χ0n) is 16.1. The van der Waals surface area contributed by atoms with Crippen LogP contribution in [-0.2, 0) is 19.1 Å². The van der Waals surface area contributed by atoms with Crippen molar-refractivity contribution in [2.45, 2.75) is 56.8 Å². The number of aliphatic carboxylic acids is 2. The minimum absolute atomic E-state index is 0.255. The molecular formula is C17H33NO6S2. The van der Waals surface area contributed by atoms with Crippen LogP contribution in [0.1, 0.15) is 45.4 Å². The lowest BCUT2D eigenvalue weighted by molar-refractivity contribution is -0.873. The third-order valence-corrected chi connectivity index (χ3v) is 3.89. The van der Waals surface area contributed by atoms with E-state index in [1.54, 1.807) is 0 Å². The molecule has 0 spiro atoms. The van der Waals surface area contributed by atoms with E-state index in [4.69, 9.17) is 9.84 Å². The molecule has 0 fully saturated rings. The first-order valence-corrected chi connectivity index (χ1v) is 9.70. The van der Waals surface area contributed by atoms with E-state index < -0.39 is 24.0 Å². The highest BCUT2D eigenvalue weighted by molar-refractivity contribution is 7.81. The molecule has 0 aromatic rings. The minimum Gasteiger partial charge on any atom is -0.550 e. The number of likely N-dealkylation sites (N-methyl/N-ethyl adjacent to an activating group) is 1. The van der Waals surface area contributed by atoms with Crippen molar-refractivity contribution in [1.29, 1.82) is 0 Å². The Labute approximate surface area is 167 Å². The molecule has 0 heterocycles. The fraction of sp³-hybridized carbons (Fsp3) is 0.824. The molecule has 7 nitrogen and oxygen atoms in total. The molecule has 9 heteroatoms. The van der Waals surface area contributed by atoms with Gasteiger partial charge in [-0.25, -0.2) is 0 Å². The Morgan fingerprint density at radius 3 is 2.12 bits per heavy atom. The van der Waals surface area contributed by atoms with Crippen molar-refractivity contribution in [2.24, 2.45) is 0 Å². The van der Waals surface area contributed by atoms with E-state index in [0.717, 1.165) is 31.4 Å². The predicted molar refractivity (Wildman–Crippen MR) is 105 cm³/mol. The van der Waals surface area contributed by atoms with Crippen LogP contribution in [0.25, 0.3) is 0 Å². The summed E-state index contributed by atoms with van der Waals surface area (Å²) in [7, 11) is 5.68. The van der Waals surface area contributed by atoms with Gasteiger partial charge in [0.15, 0.2) is 6.10 Å². The summed E-state index contributed by atoms with van der Waals surface area (Å²) in [6.45, 7) is 1.71. The van der Waals surface area contributed by atoms with E-state index in [-0.39, 0.29) is 12.8 Å². The van der Waals surface area contributed by atoms with Gasteiger partial charge in [0.1, 0.15) is 6.54 Å². The van der Waals surface area contributed by atoms with Gasteiger partial charge in [0, 0.05) is 31.0 Å². The fourth-order valence-corrected chi connectivity index (χ4v) is 2.95. The van der Waals surface area contributed by atoms with Crippen LogP contribution >= 0.6 is 25.3 Å². The number of hydrogen-bond acceptors (Lipinski definition) is 7. The summed E-state index contributed by atoms with van der Waals surface area (Å²) in [6, 6.07) is 0. The van der Waals surface area contributed by atoms with E-state index in [1.807, 2.05) is 21.1 Å². The van der Waals surface area contributed by atoms with Crippen LogP contribution in [0.2, 0.25) is 0 Å². The topological polar surface area (TPSA) is 104 Å². The van der Waals surface area contributed by atoms with Crippen molar-refractivity contribution in [3.63, 3.8) is 0 Å². The largest absolute Gasteiger partial charge is 0.550 e. The summed E-state index contributed by atoms with van der Waals surface area (Å²) in [5, 5.41) is 19.1. The van der Waals surface area contributed by atoms with Crippen LogP contribution in [0, 0.1) is 0 Å². The highest BCUT2D eigenvalue weighted by Crippen LogP contribution is 2.12. The third kappa shape index (κ3) is 23.1. The normalized spacial score (nSPS) is 13.2. The van der Waals surface area contributed by atoms with Crippen LogP contribution in [0.5, 0.6) is 0 Å². The van der Waals surface area contributed by atoms with Crippen molar-refractivity contribution in [2.75, 3.05) is 33.4 Å². The average Bonchev–Trinajstić information content (AvgIpc) is 2.41. The summed E-state index contributed by atoms with van der Waals surface area (Å²) >= 11 is 8.43. The monoisotopic (exact) mass is 411 g/mol. The molecule has 154 valence electrons. The fourth-order valence-electron chi connectivity index (χ4n) is 2.12. The molecule has 0 radical (unpaired) electrons. The molecule has 1 unspecified atom stereocenters. The second-order valence-electron chi connectivity index (χ2n) is 7.09. The number of hydrogen-bond donors (Lipinski definition) is 3. The van der Waals surface area contributed by atoms with Crippen molar-refractivity contribution in [1.82, 2.24) is 0 Å². The zero-order chi connectivity index (χ0) is 20.8. The molecule has 0 aliphatic carbocycles. The quantitative estimate of drug-likeness (QED) is 0.192. The highest BCUT2D eigenvalue weighted by Gasteiger charge is 2.20. The van der Waals surface area contributed by atoms with Gasteiger partial charge in [0.2, 0.25) is 0 Å². The van der Waals surface area contributed by atoms with Crippen LogP contribution in [0.3, 0.4) is 0 Å². The number of quaternary nitrogens is 1. The predicted octanol–water partition coefficient (Wildman–Crippen LogP) is 1.01. The van der Waals surface area contributed by atoms with Gasteiger partial charge in [0.25, 0.3) is 0 Å². The van der Waals surface area contributed by atoms with E-state index in [1.165, 1.54) is 6.92 Å². The molecule has 0 aliphatic heterocycles. The molecule has 26 heavy (non-hydrogen) atoms. The zero-order valence-corrected chi connectivity index (χ0v) is 17.9. The van der Waals surface area contributed by atoms with E-state index >= 15 is 0 Å². The maximum Gasteiger partial charge on any atom is 0.303 e. The number of carbonyl (C=O) groups excluding carboxylic acids is 2. The maximum absolute atomic E-state index is 10.7. The minimum atomic E-state index is -1.20. The Kier molecular flexibility index (Phi) is 15.9. The summed E-state index contributed by atoms with van der Waals surface area (Å²) in [6.07, 6.45) is 3.12. The smallest absolute Gasteiger partial charge is 0.303 e. The molecule has 1 N–H and O–H groups in total. The number of esters is 1. The standard InChI is InChI=1S/C9H17NO4.C8H16O2S2/c1-7(11)14-8(5-9(12)13)6-10(2,3)4;9-8(10)4-2-1-3-7(12)5-6-11/h8H,5-6H2,1-4H3;7,11-12H,1-6H2,(H,9,10)/t8-;/m1./s1. The Morgan fingerprint density at radius 2 is 1.73 bits per heavy atom. The van der Waals surface area contributed by atoms with Crippen molar-refractivity contribution in [3.05, 3.63) is 0 Å². The van der Waals surface area contributed by atoms with Crippen LogP contribution in [0.4, 0.5) is 0 Å². The van der Waals surface area contributed by atoms with Crippen molar-refractivity contribution >= 4 is 43.2 Å². The van der Waals surface area contributed by atoms with Gasteiger partial charge in [-0.2, -0.15) is 25.3 Å². The molecule has 0 bridgehead atoms. The first kappa shape index (κ1) is 27.3. The molecular weight excluding hydrogens is 378 g/mol. The van der Waals surface area contributed by atoms with Crippen molar-refractivity contribution < 1.29 is 33.8 Å². The second-order valence-corrected chi connectivity index (χ2v) is 8.26. The SMILES string of the molecule is CC(=O)O[C@H](CC(=O)[O-])C[N+](C)(C)C.O=C(O)CCCCC(S)CCS. The molecule has 0 saturated carbocycles. The number of carboxylic acid groups (broad SMARTS) is 2. The first-order valence-electron chi connectivity index (χ1n) is 8.55. The Morgan fingerprint density at radius 1 is 1.15 bits per heavy atom. The molecule has 0 aromatic carbocycles. The molecule has 0 rings (SSSR count). The molecule has 0 aromatic heterocycles. The number of thiol groups is 2. The van der Waals surface area contributed by atoms with Gasteiger partial charge in [-0.05, 0) is 25.0 Å². The lowest BCUT2D eigenvalue weighted by Crippen LogP contribution is -2.45. The molecule has 0 saturated heterocycles. The van der Waals surface area contributed by atoms with E-state index in [2.05, 4.69) is 25.3 Å². The number of carboxylic acids is 2. The maximum atomic E-state index is 10.7. The first-order chi connectivity index (χ1) is 11.9. The molecule has 2 atom stereocenters. The van der Waals surface area contributed by atoms with Crippen LogP contribution in [0.15, 0.2) is 0 Å². The van der Waals surface area contributed by atoms with Gasteiger partial charge >= 0.3 is 11.9 Å². The summed E-state index contributed by atoms with van der Waals surface area (Å²) < 4.78 is 5.39. The van der Waals surface area contributed by atoms with E-state index in [9.17, 15) is 19.5 Å². The van der Waals surface area contributed by atoms with Crippen molar-refractivity contribution in [3.8, 4) is 0 Å². The average molecular weight is 412 g/mol. The summed E-state index contributed by atoms with van der Waals surface area (Å²) in [5.74, 6) is -1.53. The second kappa shape index (κ2) is 15.2. The lowest BCUT2D eigenvalue weighted by Gasteiger charge is -2.28. The molecule has 0 aliphatic rings. The van der Waals surface area contributed by atoms with Gasteiger partial charge in [0.05, 0.1) is 21.1 Å². The molecule has 0 amide bonds. The Bertz CT molecular complexity index is 410. The van der Waals surface area contributed by atoms with Gasteiger partial charge < -0.3 is 24.2 Å². The lowest BCUT2D eigenvalue weighted by atomic mass is 10.1. The highest BCUT2D eigenvalue weighted by atomic mass is 32.1. The number of nitrogens with zero attached hydrogens (tertiary/aromatic N) is 1. The third-order valence-electron chi connectivity index (χ3n) is 3.12. The van der Waals surface area contributed by atoms with Crippen LogP contribution < -0.4 is 5.11 Å². The number of carbonyl (C=O) groups is 3. The summed E-state index contributed by atoms with van der Waals surface area (Å²) in [4.78, 5) is 31.2. The van der Waals surface area contributed by atoms with E-state index in [0.29, 0.717) is 16.3 Å². The van der Waals surface area contributed by atoms with Gasteiger partial charge in [-0.1, -0.05) is 6.42 Å². The van der Waals surface area contributed by atoms with Gasteiger partial charge in [-0.15, -0.1) is 0 Å². The summed E-state index contributed by atoms with van der Waals surface area (Å²) in [5.41, 5.74) is 0. The Balaban J connectivity index is 0. The number of ether oxygens (including phenoxy) is 1. The number of unbranched alkanes of at least 4 members (excludes halogenated alkanes) is 1. The Hall–Kier alpha value is -0.930. The van der Waals surface area contributed by atoms with Crippen LogP contribution in [-0.4, -0.2) is 72.3 Å². The van der Waals surface area contributed by atoms with Gasteiger partial charge in [-0.3, -0.25) is 9.59 Å².